The molecule has 0 unspecified atom stereocenters. The Kier molecular flexibility index (Phi) is 4.66. The van der Waals surface area contributed by atoms with Gasteiger partial charge in [-0.1, -0.05) is 18.2 Å². The molecule has 1 fully saturated rings. The number of ketones is 1. The molecule has 0 radical (unpaired) electrons. The topological polar surface area (TPSA) is 113 Å². The van der Waals surface area contributed by atoms with Gasteiger partial charge in [-0.2, -0.15) is 0 Å². The Labute approximate surface area is 121 Å². The summed E-state index contributed by atoms with van der Waals surface area (Å²) in [4.78, 5) is 35.1. The smallest absolute Gasteiger partial charge is 0.322 e. The molecule has 1 atom stereocenters. The molecule has 0 aliphatic carbocycles. The molecule has 1 aromatic carbocycles. The zero-order chi connectivity index (χ0) is 15.4. The van der Waals surface area contributed by atoms with Crippen LogP contribution in [0.5, 0.6) is 0 Å². The van der Waals surface area contributed by atoms with E-state index >= 15 is 0 Å². The van der Waals surface area contributed by atoms with Gasteiger partial charge in [-0.25, -0.2) is 5.01 Å². The predicted molar refractivity (Wildman–Crippen MR) is 74.7 cm³/mol. The molecule has 4 N–H and O–H groups in total. The number of hydrogen-bond acceptors (Lipinski definition) is 5. The number of benzene rings is 1. The fourth-order valence-corrected chi connectivity index (χ4v) is 2.38. The number of nitrogens with two attached hydrogens (primary N) is 1. The molecule has 1 aliphatic rings. The SMILES string of the molecule is NCC(=O)c1ccccc1C(=O)NN1CCC[C@H]1C(=O)O. The minimum atomic E-state index is -0.973. The van der Waals surface area contributed by atoms with Gasteiger partial charge in [-0.3, -0.25) is 19.8 Å². The Morgan fingerprint density at radius 2 is 1.95 bits per heavy atom. The number of aliphatic carboxylic acids is 1. The van der Waals surface area contributed by atoms with Crippen LogP contribution in [0.4, 0.5) is 0 Å². The highest BCUT2D eigenvalue weighted by Crippen LogP contribution is 2.16. The van der Waals surface area contributed by atoms with Gasteiger partial charge in [-0.15, -0.1) is 0 Å². The number of carboxylic acid groups (broad SMARTS) is 1. The first-order valence-corrected chi connectivity index (χ1v) is 6.67. The van der Waals surface area contributed by atoms with Gasteiger partial charge in [-0.05, 0) is 18.9 Å². The maximum atomic E-state index is 12.3. The lowest BCUT2D eigenvalue weighted by Gasteiger charge is -2.22. The van der Waals surface area contributed by atoms with E-state index in [1.165, 1.54) is 17.1 Å². The van der Waals surface area contributed by atoms with Gasteiger partial charge in [0.25, 0.3) is 5.91 Å². The van der Waals surface area contributed by atoms with Gasteiger partial charge in [0.2, 0.25) is 0 Å². The number of nitrogens with zero attached hydrogens (tertiary/aromatic N) is 1. The fourth-order valence-electron chi connectivity index (χ4n) is 2.38. The fraction of sp³-hybridized carbons (Fsp3) is 0.357. The van der Waals surface area contributed by atoms with Crippen molar-refractivity contribution >= 4 is 17.7 Å². The molecule has 7 heteroatoms. The summed E-state index contributed by atoms with van der Waals surface area (Å²) in [6.07, 6.45) is 1.18. The number of hydrogen-bond donors (Lipinski definition) is 3. The minimum Gasteiger partial charge on any atom is -0.480 e. The minimum absolute atomic E-state index is 0.189. The van der Waals surface area contributed by atoms with Crippen LogP contribution >= 0.6 is 0 Å². The molecule has 1 heterocycles. The first-order valence-electron chi connectivity index (χ1n) is 6.67. The van der Waals surface area contributed by atoms with E-state index in [1.54, 1.807) is 12.1 Å². The lowest BCUT2D eigenvalue weighted by atomic mass is 10.0. The maximum Gasteiger partial charge on any atom is 0.322 e. The Bertz CT molecular complexity index is 573. The van der Waals surface area contributed by atoms with Crippen molar-refractivity contribution < 1.29 is 19.5 Å². The number of carboxylic acids is 1. The van der Waals surface area contributed by atoms with Gasteiger partial charge in [0.05, 0.1) is 12.1 Å². The zero-order valence-corrected chi connectivity index (χ0v) is 11.4. The van der Waals surface area contributed by atoms with E-state index in [0.29, 0.717) is 19.4 Å². The number of amides is 1. The second-order valence-corrected chi connectivity index (χ2v) is 4.80. The molecule has 0 spiro atoms. The summed E-state index contributed by atoms with van der Waals surface area (Å²) < 4.78 is 0. The van der Waals surface area contributed by atoms with Gasteiger partial charge in [0, 0.05) is 12.1 Å². The lowest BCUT2D eigenvalue weighted by molar-refractivity contribution is -0.142. The van der Waals surface area contributed by atoms with Crippen LogP contribution in [-0.4, -0.2) is 46.9 Å². The van der Waals surface area contributed by atoms with Crippen LogP contribution in [-0.2, 0) is 4.79 Å². The highest BCUT2D eigenvalue weighted by Gasteiger charge is 2.32. The Morgan fingerprint density at radius 3 is 2.57 bits per heavy atom. The standard InChI is InChI=1S/C14H17N3O4/c15-8-12(18)9-4-1-2-5-10(9)13(19)16-17-7-3-6-11(17)14(20)21/h1-2,4-5,11H,3,6-8,15H2,(H,16,19)(H,20,21)/t11-/m0/s1. The number of Topliss-reactive ketones (excluding diaryl/α,β-unsaturated/α-hetero) is 1. The lowest BCUT2D eigenvalue weighted by Crippen LogP contribution is -2.48. The third kappa shape index (κ3) is 3.26. The van der Waals surface area contributed by atoms with Gasteiger partial charge >= 0.3 is 5.97 Å². The second-order valence-electron chi connectivity index (χ2n) is 4.80. The second kappa shape index (κ2) is 6.47. The molecule has 7 nitrogen and oxygen atoms in total. The number of hydrazine groups is 1. The van der Waals surface area contributed by atoms with Gasteiger partial charge in [0.15, 0.2) is 5.78 Å². The molecular formula is C14H17N3O4. The summed E-state index contributed by atoms with van der Waals surface area (Å²) in [6, 6.07) is 5.61. The van der Waals surface area contributed by atoms with Crippen LogP contribution in [0, 0.1) is 0 Å². The third-order valence-electron chi connectivity index (χ3n) is 3.44. The molecule has 0 saturated carbocycles. The first-order chi connectivity index (χ1) is 10.0. The van der Waals surface area contributed by atoms with E-state index in [2.05, 4.69) is 5.43 Å². The van der Waals surface area contributed by atoms with Crippen LogP contribution in [0.2, 0.25) is 0 Å². The van der Waals surface area contributed by atoms with Crippen LogP contribution in [0.25, 0.3) is 0 Å². The molecule has 1 aromatic rings. The molecule has 0 aromatic heterocycles. The molecule has 0 bridgehead atoms. The molecule has 112 valence electrons. The van der Waals surface area contributed by atoms with E-state index in [9.17, 15) is 14.4 Å². The Hall–Kier alpha value is -2.25. The van der Waals surface area contributed by atoms with Crippen molar-refractivity contribution in [3.63, 3.8) is 0 Å². The first kappa shape index (κ1) is 15.1. The highest BCUT2D eigenvalue weighted by atomic mass is 16.4. The molecule has 1 saturated heterocycles. The van der Waals surface area contributed by atoms with E-state index < -0.39 is 17.9 Å². The van der Waals surface area contributed by atoms with Crippen molar-refractivity contribution in [2.45, 2.75) is 18.9 Å². The van der Waals surface area contributed by atoms with Crippen LogP contribution < -0.4 is 11.2 Å². The van der Waals surface area contributed by atoms with Crippen LogP contribution in [0.1, 0.15) is 33.6 Å². The largest absolute Gasteiger partial charge is 0.480 e. The van der Waals surface area contributed by atoms with Crippen molar-refractivity contribution in [2.24, 2.45) is 5.73 Å². The maximum absolute atomic E-state index is 12.3. The van der Waals surface area contributed by atoms with Crippen LogP contribution in [0.15, 0.2) is 24.3 Å². The average molecular weight is 291 g/mol. The summed E-state index contributed by atoms with van der Waals surface area (Å²) in [6.45, 7) is 0.279. The van der Waals surface area contributed by atoms with E-state index in [-0.39, 0.29) is 23.5 Å². The van der Waals surface area contributed by atoms with Crippen LogP contribution in [0.3, 0.4) is 0 Å². The quantitative estimate of drug-likeness (QED) is 0.659. The van der Waals surface area contributed by atoms with Gasteiger partial charge < -0.3 is 10.8 Å². The summed E-state index contributed by atoms with van der Waals surface area (Å²) in [7, 11) is 0. The zero-order valence-electron chi connectivity index (χ0n) is 11.4. The summed E-state index contributed by atoms with van der Waals surface area (Å²) in [5.41, 5.74) is 8.33. The van der Waals surface area contributed by atoms with Crippen molar-refractivity contribution in [1.29, 1.82) is 0 Å². The molecule has 1 aliphatic heterocycles. The van der Waals surface area contributed by atoms with Crippen molar-refractivity contribution in [2.75, 3.05) is 13.1 Å². The number of carbonyl (C=O) groups excluding carboxylic acids is 2. The summed E-state index contributed by atoms with van der Waals surface area (Å²) in [5, 5.41) is 10.5. The van der Waals surface area contributed by atoms with Crippen molar-refractivity contribution in [1.82, 2.24) is 10.4 Å². The van der Waals surface area contributed by atoms with E-state index in [1.807, 2.05) is 0 Å². The van der Waals surface area contributed by atoms with Gasteiger partial charge in [0.1, 0.15) is 6.04 Å². The number of carbonyl (C=O) groups is 3. The predicted octanol–water partition coefficient (Wildman–Crippen LogP) is 0.0218. The summed E-state index contributed by atoms with van der Waals surface area (Å²) in [5.74, 6) is -1.81. The van der Waals surface area contributed by atoms with E-state index in [4.69, 9.17) is 10.8 Å². The normalized spacial score (nSPS) is 18.4. The van der Waals surface area contributed by atoms with Crippen molar-refractivity contribution in [3.8, 4) is 0 Å². The van der Waals surface area contributed by atoms with Crippen molar-refractivity contribution in [3.05, 3.63) is 35.4 Å². The molecule has 1 amide bonds. The number of rotatable bonds is 5. The molecule has 21 heavy (non-hydrogen) atoms. The van der Waals surface area contributed by atoms with E-state index in [0.717, 1.165) is 0 Å². The molecular weight excluding hydrogens is 274 g/mol. The Balaban J connectivity index is 2.17. The summed E-state index contributed by atoms with van der Waals surface area (Å²) >= 11 is 0. The molecule has 2 rings (SSSR count). The monoisotopic (exact) mass is 291 g/mol. The number of nitrogens with one attached hydrogen (secondary N) is 1. The Morgan fingerprint density at radius 1 is 1.29 bits per heavy atom. The average Bonchev–Trinajstić information content (AvgIpc) is 2.94. The third-order valence-corrected chi connectivity index (χ3v) is 3.44. The highest BCUT2D eigenvalue weighted by molar-refractivity contribution is 6.08.